The van der Waals surface area contributed by atoms with Crippen LogP contribution in [0.15, 0.2) is 45.8 Å². The maximum atomic E-state index is 8.23. The monoisotopic (exact) mass is 563 g/mol. The van der Waals surface area contributed by atoms with Crippen molar-refractivity contribution in [2.24, 2.45) is 0 Å². The van der Waals surface area contributed by atoms with Gasteiger partial charge in [0.1, 0.15) is 0 Å². The van der Waals surface area contributed by atoms with Gasteiger partial charge in [-0.05, 0) is 0 Å². The Labute approximate surface area is 211 Å². The van der Waals surface area contributed by atoms with E-state index in [4.69, 9.17) is 18.6 Å². The quantitative estimate of drug-likeness (QED) is 0.219. The standard InChI is InChI=1S/2C12H21Si.C2H7Si.2ClH.Ti/c2*1-5-6-7-11-8-9-12(10-11)13(2,3)4;1-3-2;;;/h2*8-10H,5-7H2,1-4H3;3H,1-2H3;2*1H;/q;;;;;+2/p-2. The number of allylic oxidation sites excluding steroid dienone is 8. The Bertz CT molecular complexity index is 761. The summed E-state index contributed by atoms with van der Waals surface area (Å²) in [6, 6.07) is 0. The van der Waals surface area contributed by atoms with Crippen LogP contribution < -0.4 is 0 Å². The van der Waals surface area contributed by atoms with E-state index in [0.29, 0.717) is 8.45 Å². The van der Waals surface area contributed by atoms with Crippen molar-refractivity contribution in [1.29, 1.82) is 0 Å². The van der Waals surface area contributed by atoms with Gasteiger partial charge in [0.15, 0.2) is 0 Å². The molecule has 0 saturated carbocycles. The molecule has 0 aromatic carbocycles. The van der Waals surface area contributed by atoms with Crippen LogP contribution in [0.3, 0.4) is 0 Å². The van der Waals surface area contributed by atoms with E-state index in [2.05, 4.69) is 90.5 Å². The Hall–Kier alpha value is 0.905. The van der Waals surface area contributed by atoms with Crippen molar-refractivity contribution < 1.29 is 12.4 Å². The van der Waals surface area contributed by atoms with Crippen molar-refractivity contribution in [3.63, 3.8) is 0 Å². The van der Waals surface area contributed by atoms with Gasteiger partial charge in [0, 0.05) is 0 Å². The van der Waals surface area contributed by atoms with Crippen LogP contribution in [0.5, 0.6) is 0 Å². The zero-order chi connectivity index (χ0) is 24.6. The summed E-state index contributed by atoms with van der Waals surface area (Å²) in [6.45, 7) is 23.1. The van der Waals surface area contributed by atoms with Crippen LogP contribution in [0.4, 0.5) is 0 Å². The molecule has 0 amide bonds. The van der Waals surface area contributed by atoms with Gasteiger partial charge >= 0.3 is 213 Å². The molecule has 0 heterocycles. The first-order valence-electron chi connectivity index (χ1n) is 13.0. The van der Waals surface area contributed by atoms with E-state index in [1.54, 1.807) is 10.4 Å². The van der Waals surface area contributed by atoms with Crippen LogP contribution in [0.1, 0.15) is 52.4 Å². The van der Waals surface area contributed by atoms with Gasteiger partial charge in [0.05, 0.1) is 0 Å². The first kappa shape index (κ1) is 29.1. The van der Waals surface area contributed by atoms with Crippen molar-refractivity contribution in [3.8, 4) is 0 Å². The molecule has 0 nitrogen and oxygen atoms in total. The van der Waals surface area contributed by atoms with Crippen molar-refractivity contribution in [3.05, 3.63) is 45.8 Å². The number of halogens is 2. The normalized spacial score (nSPS) is 23.6. The molecule has 2 aliphatic carbocycles. The van der Waals surface area contributed by atoms with Gasteiger partial charge in [-0.25, -0.2) is 0 Å². The topological polar surface area (TPSA) is 0 Å². The molecule has 2 aliphatic rings. The Morgan fingerprint density at radius 2 is 1.09 bits per heavy atom. The fourth-order valence-corrected chi connectivity index (χ4v) is 36.1. The van der Waals surface area contributed by atoms with E-state index < -0.39 is 35.3 Å². The molecular weight excluding hydrogens is 515 g/mol. The molecular formula is C26H49Cl2Si3Ti. The summed E-state index contributed by atoms with van der Waals surface area (Å²) in [5.74, 6) is 0. The molecule has 0 radical (unpaired) electrons. The summed E-state index contributed by atoms with van der Waals surface area (Å²) in [5.41, 5.74) is 3.04. The Balaban J connectivity index is 2.71. The van der Waals surface area contributed by atoms with Crippen molar-refractivity contribution in [1.82, 2.24) is 0 Å². The molecule has 0 aromatic heterocycles. The molecule has 32 heavy (non-hydrogen) atoms. The fraction of sp³-hybridized carbons (Fsp3) is 0.692. The van der Waals surface area contributed by atoms with E-state index in [-0.39, 0.29) is 0 Å². The average molecular weight is 565 g/mol. The first-order valence-corrected chi connectivity index (χ1v) is 31.7. The molecule has 0 spiro atoms. The zero-order valence-electron chi connectivity index (χ0n) is 22.5. The van der Waals surface area contributed by atoms with Crippen LogP contribution in [0.25, 0.3) is 0 Å². The second-order valence-electron chi connectivity index (χ2n) is 12.7. The molecule has 0 N–H and O–H groups in total. The number of hydrogen-bond donors (Lipinski definition) is 0. The second-order valence-corrected chi connectivity index (χ2v) is 52.3. The number of hydrogen-bond acceptors (Lipinski definition) is 0. The molecule has 2 rings (SSSR count). The summed E-state index contributed by atoms with van der Waals surface area (Å²) in [4.78, 5) is 0. The van der Waals surface area contributed by atoms with Gasteiger partial charge in [0.25, 0.3) is 0 Å². The minimum absolute atomic E-state index is 0.326. The third-order valence-electron chi connectivity index (χ3n) is 7.77. The molecule has 2 atom stereocenters. The fourth-order valence-electron chi connectivity index (χ4n) is 5.55. The second kappa shape index (κ2) is 10.5. The predicted molar refractivity (Wildman–Crippen MR) is 156 cm³/mol. The molecule has 0 bridgehead atoms. The van der Waals surface area contributed by atoms with E-state index in [0.717, 1.165) is 0 Å². The van der Waals surface area contributed by atoms with Gasteiger partial charge in [-0.2, -0.15) is 0 Å². The third-order valence-corrected chi connectivity index (χ3v) is 48.4. The Morgan fingerprint density at radius 3 is 1.34 bits per heavy atom. The summed E-state index contributed by atoms with van der Waals surface area (Å²) < 4.78 is 0.652. The van der Waals surface area contributed by atoms with E-state index in [1.807, 2.05) is 0 Å². The maximum absolute atomic E-state index is 8.23. The minimum atomic E-state index is -4.03. The van der Waals surface area contributed by atoms with Crippen LogP contribution in [0, 0.1) is 0 Å². The van der Waals surface area contributed by atoms with Crippen molar-refractivity contribution in [2.75, 3.05) is 0 Å². The summed E-state index contributed by atoms with van der Waals surface area (Å²) >= 11 is -4.03. The molecule has 0 saturated heterocycles. The van der Waals surface area contributed by atoms with Gasteiger partial charge in [-0.1, -0.05) is 0 Å². The zero-order valence-corrected chi connectivity index (χ0v) is 28.8. The van der Waals surface area contributed by atoms with Crippen LogP contribution in [0.2, 0.25) is 60.8 Å². The summed E-state index contributed by atoms with van der Waals surface area (Å²) in [6.07, 6.45) is 17.6. The van der Waals surface area contributed by atoms with E-state index >= 15 is 0 Å². The number of rotatable bonds is 11. The first-order chi connectivity index (χ1) is 14.6. The van der Waals surface area contributed by atoms with Gasteiger partial charge < -0.3 is 0 Å². The van der Waals surface area contributed by atoms with Gasteiger partial charge in [-0.15, -0.1) is 0 Å². The van der Waals surface area contributed by atoms with E-state index in [9.17, 15) is 0 Å². The molecule has 6 heteroatoms. The van der Waals surface area contributed by atoms with Gasteiger partial charge in [0.2, 0.25) is 0 Å². The van der Waals surface area contributed by atoms with Gasteiger partial charge in [-0.3, -0.25) is 0 Å². The average Bonchev–Trinajstić information content (AvgIpc) is 3.30. The van der Waals surface area contributed by atoms with Crippen LogP contribution in [-0.2, 0) is 12.4 Å². The molecule has 0 aromatic rings. The third kappa shape index (κ3) is 5.82. The Morgan fingerprint density at radius 1 is 0.750 bits per heavy atom. The molecule has 2 unspecified atom stereocenters. The number of unbranched alkanes of at least 4 members (excludes halogenated alkanes) is 2. The van der Waals surface area contributed by atoms with Crippen molar-refractivity contribution in [2.45, 2.75) is 113 Å². The molecule has 0 fully saturated rings. The summed E-state index contributed by atoms with van der Waals surface area (Å²) in [7, 11) is 13.4. The summed E-state index contributed by atoms with van der Waals surface area (Å²) in [5, 5.41) is 3.30. The predicted octanol–water partition coefficient (Wildman–Crippen LogP) is 10.4. The van der Waals surface area contributed by atoms with Crippen LogP contribution >= 0.6 is 18.6 Å². The van der Waals surface area contributed by atoms with E-state index in [1.165, 1.54) is 49.7 Å². The molecule has 0 aliphatic heterocycles. The SMILES string of the molecule is CCCCC1=C[CH]([Ti]([Cl])([Cl])([CH]2C=C(CCCC)C=C2[Si](C)(C)C)[SiH](C)C)C([Si](C)(C)C)=C1. The van der Waals surface area contributed by atoms with Crippen molar-refractivity contribution >= 4 is 41.4 Å². The van der Waals surface area contributed by atoms with Crippen LogP contribution in [-0.4, -0.2) is 22.8 Å². The Kier molecular flexibility index (Phi) is 9.55. The molecule has 183 valence electrons.